The molecule has 106 valence electrons. The Labute approximate surface area is 114 Å². The zero-order chi connectivity index (χ0) is 14.5. The fraction of sp³-hybridized carbons (Fsp3) is 0.214. The van der Waals surface area contributed by atoms with Gasteiger partial charge in [0.05, 0.1) is 24.5 Å². The van der Waals surface area contributed by atoms with Crippen LogP contribution >= 0.6 is 0 Å². The third kappa shape index (κ3) is 3.64. The second kappa shape index (κ2) is 6.29. The van der Waals surface area contributed by atoms with Gasteiger partial charge in [-0.25, -0.2) is 8.78 Å². The summed E-state index contributed by atoms with van der Waals surface area (Å²) in [6.45, 7) is 1.78. The van der Waals surface area contributed by atoms with Crippen LogP contribution in [0.4, 0.5) is 14.5 Å². The number of hydrogen-bond acceptors (Lipinski definition) is 3. The van der Waals surface area contributed by atoms with Crippen molar-refractivity contribution in [3.63, 3.8) is 0 Å². The molecule has 0 aliphatic rings. The van der Waals surface area contributed by atoms with Crippen LogP contribution in [0, 0.1) is 11.6 Å². The summed E-state index contributed by atoms with van der Waals surface area (Å²) in [5.74, 6) is -1.07. The number of hydrogen-bond donors (Lipinski definition) is 2. The molecule has 0 saturated carbocycles. The highest BCUT2D eigenvalue weighted by Crippen LogP contribution is 2.15. The largest absolute Gasteiger partial charge is 0.468 e. The monoisotopic (exact) mass is 280 g/mol. The van der Waals surface area contributed by atoms with Gasteiger partial charge in [0.25, 0.3) is 0 Å². The number of amides is 1. The Bertz CT molecular complexity index is 585. The van der Waals surface area contributed by atoms with Crippen LogP contribution in [0.1, 0.15) is 18.7 Å². The summed E-state index contributed by atoms with van der Waals surface area (Å²) in [6, 6.07) is 6.25. The first-order chi connectivity index (χ1) is 9.56. The quantitative estimate of drug-likeness (QED) is 0.885. The maximum absolute atomic E-state index is 13.3. The first-order valence-corrected chi connectivity index (χ1v) is 6.08. The van der Waals surface area contributed by atoms with Gasteiger partial charge in [-0.05, 0) is 31.2 Å². The Morgan fingerprint density at radius 3 is 2.85 bits per heavy atom. The summed E-state index contributed by atoms with van der Waals surface area (Å²) >= 11 is 0. The fourth-order valence-corrected chi connectivity index (χ4v) is 1.67. The maximum Gasteiger partial charge on any atom is 0.238 e. The van der Waals surface area contributed by atoms with Crippen LogP contribution in [0.5, 0.6) is 0 Å². The Kier molecular flexibility index (Phi) is 4.47. The molecule has 0 radical (unpaired) electrons. The number of halogens is 2. The van der Waals surface area contributed by atoms with Gasteiger partial charge in [0.15, 0.2) is 0 Å². The summed E-state index contributed by atoms with van der Waals surface area (Å²) in [6.07, 6.45) is 1.54. The highest BCUT2D eigenvalue weighted by Gasteiger charge is 2.11. The number of benzene rings is 1. The standard InChI is InChI=1S/C14H14F2N2O2/c1-9(13-3-2-6-20-13)17-8-14(19)18-12-7-10(15)4-5-11(12)16/h2-7,9,17H,8H2,1H3,(H,18,19)/t9-/m1/s1. The molecule has 20 heavy (non-hydrogen) atoms. The summed E-state index contributed by atoms with van der Waals surface area (Å²) in [7, 11) is 0. The van der Waals surface area contributed by atoms with Gasteiger partial charge in [-0.2, -0.15) is 0 Å². The maximum atomic E-state index is 13.3. The van der Waals surface area contributed by atoms with Crippen molar-refractivity contribution >= 4 is 11.6 Å². The summed E-state index contributed by atoms with van der Waals surface area (Å²) in [5, 5.41) is 5.22. The molecule has 0 aliphatic heterocycles. The summed E-state index contributed by atoms with van der Waals surface area (Å²) < 4.78 is 31.5. The summed E-state index contributed by atoms with van der Waals surface area (Å²) in [4.78, 5) is 11.7. The molecule has 2 rings (SSSR count). The first kappa shape index (κ1) is 14.2. The van der Waals surface area contributed by atoms with Crippen LogP contribution in [0.2, 0.25) is 0 Å². The zero-order valence-corrected chi connectivity index (χ0v) is 10.8. The van der Waals surface area contributed by atoms with E-state index in [-0.39, 0.29) is 18.3 Å². The number of anilines is 1. The van der Waals surface area contributed by atoms with E-state index in [9.17, 15) is 13.6 Å². The SMILES string of the molecule is C[C@@H](NCC(=O)Nc1cc(F)ccc1F)c1ccco1. The molecule has 1 heterocycles. The number of carbonyl (C=O) groups is 1. The van der Waals surface area contributed by atoms with E-state index in [1.54, 1.807) is 12.1 Å². The second-order valence-electron chi connectivity index (χ2n) is 4.29. The Balaban J connectivity index is 1.88. The lowest BCUT2D eigenvalue weighted by molar-refractivity contribution is -0.115. The molecule has 0 bridgehead atoms. The minimum atomic E-state index is -0.682. The number of nitrogens with one attached hydrogen (secondary N) is 2. The molecule has 0 unspecified atom stereocenters. The van der Waals surface area contributed by atoms with Gasteiger partial charge in [-0.3, -0.25) is 10.1 Å². The van der Waals surface area contributed by atoms with Crippen LogP contribution in [0.25, 0.3) is 0 Å². The van der Waals surface area contributed by atoms with Crippen molar-refractivity contribution in [1.29, 1.82) is 0 Å². The van der Waals surface area contributed by atoms with Crippen molar-refractivity contribution in [1.82, 2.24) is 5.32 Å². The zero-order valence-electron chi connectivity index (χ0n) is 10.8. The van der Waals surface area contributed by atoms with Gasteiger partial charge in [-0.1, -0.05) is 0 Å². The predicted molar refractivity (Wildman–Crippen MR) is 70.1 cm³/mol. The van der Waals surface area contributed by atoms with Crippen molar-refractivity contribution in [2.75, 3.05) is 11.9 Å². The van der Waals surface area contributed by atoms with Crippen LogP contribution in [0.15, 0.2) is 41.0 Å². The predicted octanol–water partition coefficient (Wildman–Crippen LogP) is 2.85. The van der Waals surface area contributed by atoms with E-state index in [0.717, 1.165) is 18.2 Å². The molecule has 2 N–H and O–H groups in total. The second-order valence-corrected chi connectivity index (χ2v) is 4.29. The lowest BCUT2D eigenvalue weighted by atomic mass is 10.2. The minimum absolute atomic E-state index is 0.0438. The van der Waals surface area contributed by atoms with Crippen LogP contribution in [-0.4, -0.2) is 12.5 Å². The Hall–Kier alpha value is -2.21. The fourth-order valence-electron chi connectivity index (χ4n) is 1.67. The van der Waals surface area contributed by atoms with Gasteiger partial charge in [0, 0.05) is 6.07 Å². The molecular weight excluding hydrogens is 266 g/mol. The summed E-state index contributed by atoms with van der Waals surface area (Å²) in [5.41, 5.74) is -0.178. The molecule has 0 saturated heterocycles. The van der Waals surface area contributed by atoms with Crippen LogP contribution in [0.3, 0.4) is 0 Å². The van der Waals surface area contributed by atoms with E-state index in [2.05, 4.69) is 10.6 Å². The average molecular weight is 280 g/mol. The lowest BCUT2D eigenvalue weighted by Gasteiger charge is -2.11. The molecule has 1 atom stereocenters. The molecule has 1 aromatic heterocycles. The third-order valence-corrected chi connectivity index (χ3v) is 2.74. The molecule has 0 spiro atoms. The van der Waals surface area contributed by atoms with Crippen molar-refractivity contribution in [2.45, 2.75) is 13.0 Å². The van der Waals surface area contributed by atoms with Crippen LogP contribution < -0.4 is 10.6 Å². The number of furan rings is 1. The Morgan fingerprint density at radius 2 is 2.15 bits per heavy atom. The van der Waals surface area contributed by atoms with E-state index in [1.807, 2.05) is 6.92 Å². The first-order valence-electron chi connectivity index (χ1n) is 6.08. The van der Waals surface area contributed by atoms with Gasteiger partial charge in [-0.15, -0.1) is 0 Å². The van der Waals surface area contributed by atoms with E-state index in [0.29, 0.717) is 5.76 Å². The van der Waals surface area contributed by atoms with Crippen molar-refractivity contribution in [3.05, 3.63) is 54.0 Å². The number of carbonyl (C=O) groups excluding carboxylic acids is 1. The number of rotatable bonds is 5. The van der Waals surface area contributed by atoms with E-state index >= 15 is 0 Å². The molecule has 0 fully saturated rings. The van der Waals surface area contributed by atoms with E-state index < -0.39 is 17.5 Å². The third-order valence-electron chi connectivity index (χ3n) is 2.74. The molecule has 2 aromatic rings. The smallest absolute Gasteiger partial charge is 0.238 e. The van der Waals surface area contributed by atoms with Gasteiger partial charge >= 0.3 is 0 Å². The van der Waals surface area contributed by atoms with Gasteiger partial charge < -0.3 is 9.73 Å². The normalized spacial score (nSPS) is 12.2. The van der Waals surface area contributed by atoms with E-state index in [4.69, 9.17) is 4.42 Å². The van der Waals surface area contributed by atoms with Gasteiger partial charge in [0.2, 0.25) is 5.91 Å². The van der Waals surface area contributed by atoms with Crippen LogP contribution in [-0.2, 0) is 4.79 Å². The van der Waals surface area contributed by atoms with Crippen molar-refractivity contribution < 1.29 is 18.0 Å². The molecule has 1 amide bonds. The molecule has 6 heteroatoms. The minimum Gasteiger partial charge on any atom is -0.468 e. The topological polar surface area (TPSA) is 54.3 Å². The van der Waals surface area contributed by atoms with Crippen molar-refractivity contribution in [2.24, 2.45) is 0 Å². The molecule has 0 aliphatic carbocycles. The van der Waals surface area contributed by atoms with E-state index in [1.165, 1.54) is 6.26 Å². The average Bonchev–Trinajstić information content (AvgIpc) is 2.94. The highest BCUT2D eigenvalue weighted by atomic mass is 19.1. The molecular formula is C14H14F2N2O2. The molecule has 1 aromatic carbocycles. The van der Waals surface area contributed by atoms with Gasteiger partial charge in [0.1, 0.15) is 17.4 Å². The Morgan fingerprint density at radius 1 is 1.35 bits per heavy atom. The molecule has 4 nitrogen and oxygen atoms in total. The highest BCUT2D eigenvalue weighted by molar-refractivity contribution is 5.92. The lowest BCUT2D eigenvalue weighted by Crippen LogP contribution is -2.30. The van der Waals surface area contributed by atoms with Crippen molar-refractivity contribution in [3.8, 4) is 0 Å².